The fourth-order valence-electron chi connectivity index (χ4n) is 3.54. The van der Waals surface area contributed by atoms with Crippen LogP contribution < -0.4 is 4.90 Å². The number of anilines is 1. The molecule has 1 unspecified atom stereocenters. The van der Waals surface area contributed by atoms with Gasteiger partial charge >= 0.3 is 5.97 Å². The Morgan fingerprint density at radius 1 is 1.12 bits per heavy atom. The molecule has 3 rings (SSSR count). The Bertz CT molecular complexity index is 1050. The molecular weight excluding hydrogens is 454 g/mol. The van der Waals surface area contributed by atoms with Gasteiger partial charge in [-0.25, -0.2) is 4.79 Å². The van der Waals surface area contributed by atoms with E-state index in [4.69, 9.17) is 14.2 Å². The standard InChI is InChI=1S/C26H29NO6S/c1-18-8-7-11-24(23(18)16-34-20(3)28)27(25(29)13-12-22-15-31-17-33-22)19(2)26(30)32-14-21-9-5-4-6-10-21/h4-11,15,19H,12-14,16-17H2,1-3H3. The van der Waals surface area contributed by atoms with E-state index in [0.29, 0.717) is 23.6 Å². The Labute approximate surface area is 204 Å². The second-order valence-corrected chi connectivity index (χ2v) is 9.05. The lowest BCUT2D eigenvalue weighted by Gasteiger charge is -2.30. The van der Waals surface area contributed by atoms with Gasteiger partial charge in [-0.3, -0.25) is 14.5 Å². The van der Waals surface area contributed by atoms with Crippen LogP contribution in [0.4, 0.5) is 5.69 Å². The molecule has 1 atom stereocenters. The number of hydrogen-bond acceptors (Lipinski definition) is 7. The first-order valence-corrected chi connectivity index (χ1v) is 12.0. The van der Waals surface area contributed by atoms with E-state index in [-0.39, 0.29) is 30.8 Å². The van der Waals surface area contributed by atoms with Crippen LogP contribution in [0.3, 0.4) is 0 Å². The zero-order chi connectivity index (χ0) is 24.5. The maximum absolute atomic E-state index is 13.4. The summed E-state index contributed by atoms with van der Waals surface area (Å²) in [5, 5.41) is -0.0206. The molecule has 0 radical (unpaired) electrons. The number of nitrogens with zero attached hydrogens (tertiary/aromatic N) is 1. The molecule has 0 N–H and O–H groups in total. The summed E-state index contributed by atoms with van der Waals surface area (Å²) in [5.41, 5.74) is 3.23. The predicted octanol–water partition coefficient (Wildman–Crippen LogP) is 4.87. The first-order valence-electron chi connectivity index (χ1n) is 11.0. The van der Waals surface area contributed by atoms with Crippen LogP contribution in [0.5, 0.6) is 0 Å². The van der Waals surface area contributed by atoms with Gasteiger partial charge < -0.3 is 14.2 Å². The molecule has 0 fully saturated rings. The normalized spacial score (nSPS) is 13.3. The quantitative estimate of drug-likeness (QED) is 0.446. The molecule has 2 aromatic carbocycles. The minimum atomic E-state index is -0.867. The number of carbonyl (C=O) groups excluding carboxylic acids is 3. The molecule has 0 saturated carbocycles. The van der Waals surface area contributed by atoms with Gasteiger partial charge in [-0.1, -0.05) is 54.2 Å². The van der Waals surface area contributed by atoms with Crippen molar-refractivity contribution < 1.29 is 28.6 Å². The Kier molecular flexibility index (Phi) is 9.16. The van der Waals surface area contributed by atoms with Crippen molar-refractivity contribution in [1.82, 2.24) is 0 Å². The van der Waals surface area contributed by atoms with Crippen LogP contribution in [0, 0.1) is 6.92 Å². The van der Waals surface area contributed by atoms with Crippen LogP contribution in [0.1, 0.15) is 43.4 Å². The minimum Gasteiger partial charge on any atom is -0.462 e. The molecule has 0 bridgehead atoms. The Hall–Kier alpha value is -3.26. The number of allylic oxidation sites excluding steroid dienone is 1. The highest BCUT2D eigenvalue weighted by molar-refractivity contribution is 8.12. The highest BCUT2D eigenvalue weighted by atomic mass is 32.2. The van der Waals surface area contributed by atoms with E-state index in [2.05, 4.69) is 0 Å². The number of thioether (sulfide) groups is 1. The second-order valence-electron chi connectivity index (χ2n) is 7.90. The number of esters is 1. The molecule has 0 saturated heterocycles. The zero-order valence-electron chi connectivity index (χ0n) is 19.6. The van der Waals surface area contributed by atoms with Crippen LogP contribution in [0.25, 0.3) is 0 Å². The Morgan fingerprint density at radius 3 is 2.56 bits per heavy atom. The highest BCUT2D eigenvalue weighted by Crippen LogP contribution is 2.31. The molecule has 34 heavy (non-hydrogen) atoms. The molecule has 1 amide bonds. The van der Waals surface area contributed by atoms with Crippen LogP contribution in [0.2, 0.25) is 0 Å². The third-order valence-electron chi connectivity index (χ3n) is 5.40. The van der Waals surface area contributed by atoms with Gasteiger partial charge in [-0.15, -0.1) is 0 Å². The van der Waals surface area contributed by atoms with Crippen molar-refractivity contribution in [3.8, 4) is 0 Å². The van der Waals surface area contributed by atoms with Gasteiger partial charge in [0, 0.05) is 31.2 Å². The van der Waals surface area contributed by atoms with Gasteiger partial charge in [0.1, 0.15) is 24.7 Å². The number of hydrogen-bond donors (Lipinski definition) is 0. The average Bonchev–Trinajstić information content (AvgIpc) is 3.35. The SMILES string of the molecule is CC(=O)SCc1c(C)cccc1N(C(=O)CCC1=COCO1)C(C)C(=O)OCc1ccccc1. The summed E-state index contributed by atoms with van der Waals surface area (Å²) in [6.45, 7) is 5.34. The molecule has 1 aliphatic heterocycles. The monoisotopic (exact) mass is 483 g/mol. The van der Waals surface area contributed by atoms with Gasteiger partial charge in [0.25, 0.3) is 0 Å². The van der Waals surface area contributed by atoms with E-state index in [1.165, 1.54) is 18.1 Å². The molecule has 0 spiro atoms. The highest BCUT2D eigenvalue weighted by Gasteiger charge is 2.31. The summed E-state index contributed by atoms with van der Waals surface area (Å²) in [6, 6.07) is 14.1. The number of rotatable bonds is 10. The fraction of sp³-hybridized carbons (Fsp3) is 0.346. The number of carbonyl (C=O) groups is 3. The Morgan fingerprint density at radius 2 is 1.88 bits per heavy atom. The summed E-state index contributed by atoms with van der Waals surface area (Å²) in [7, 11) is 0. The van der Waals surface area contributed by atoms with Gasteiger partial charge in [0.15, 0.2) is 5.12 Å². The summed E-state index contributed by atoms with van der Waals surface area (Å²) in [6.07, 6.45) is 1.97. The summed E-state index contributed by atoms with van der Waals surface area (Å²) in [4.78, 5) is 39.6. The van der Waals surface area contributed by atoms with E-state index >= 15 is 0 Å². The number of ether oxygens (including phenoxy) is 3. The van der Waals surface area contributed by atoms with Crippen LogP contribution in [-0.2, 0) is 41.0 Å². The largest absolute Gasteiger partial charge is 0.462 e. The predicted molar refractivity (Wildman–Crippen MR) is 131 cm³/mol. The molecule has 2 aromatic rings. The van der Waals surface area contributed by atoms with Crippen molar-refractivity contribution in [1.29, 1.82) is 0 Å². The molecule has 0 aliphatic carbocycles. The van der Waals surface area contributed by atoms with Crippen molar-refractivity contribution in [2.45, 2.75) is 52.0 Å². The second kappa shape index (κ2) is 12.3. The van der Waals surface area contributed by atoms with E-state index in [9.17, 15) is 14.4 Å². The maximum Gasteiger partial charge on any atom is 0.329 e. The van der Waals surface area contributed by atoms with Crippen molar-refractivity contribution in [3.05, 3.63) is 77.2 Å². The third kappa shape index (κ3) is 6.87. The first kappa shape index (κ1) is 25.4. The van der Waals surface area contributed by atoms with Gasteiger partial charge in [-0.05, 0) is 36.6 Å². The topological polar surface area (TPSA) is 82.1 Å². The van der Waals surface area contributed by atoms with E-state index in [1.807, 2.05) is 49.4 Å². The van der Waals surface area contributed by atoms with Crippen molar-refractivity contribution in [2.24, 2.45) is 0 Å². The summed E-state index contributed by atoms with van der Waals surface area (Å²) < 4.78 is 15.9. The lowest BCUT2D eigenvalue weighted by atomic mass is 10.0. The molecule has 1 heterocycles. The fourth-order valence-corrected chi connectivity index (χ4v) is 4.26. The number of aryl methyl sites for hydroxylation is 1. The maximum atomic E-state index is 13.4. The summed E-state index contributed by atoms with van der Waals surface area (Å²) in [5.74, 6) is 0.225. The molecule has 7 nitrogen and oxygen atoms in total. The van der Waals surface area contributed by atoms with Crippen molar-refractivity contribution in [2.75, 3.05) is 11.7 Å². The van der Waals surface area contributed by atoms with E-state index in [0.717, 1.165) is 28.5 Å². The van der Waals surface area contributed by atoms with Gasteiger partial charge in [0.2, 0.25) is 12.7 Å². The molecule has 1 aliphatic rings. The minimum absolute atomic E-state index is 0.0206. The molecule has 8 heteroatoms. The number of benzene rings is 2. The average molecular weight is 484 g/mol. The lowest BCUT2D eigenvalue weighted by Crippen LogP contribution is -2.45. The molecular formula is C26H29NO6S. The van der Waals surface area contributed by atoms with Gasteiger partial charge in [0.05, 0.1) is 0 Å². The third-order valence-corrected chi connectivity index (χ3v) is 6.24. The smallest absolute Gasteiger partial charge is 0.329 e. The zero-order valence-corrected chi connectivity index (χ0v) is 20.4. The molecule has 0 aromatic heterocycles. The van der Waals surface area contributed by atoms with Crippen molar-refractivity contribution >= 4 is 34.4 Å². The van der Waals surface area contributed by atoms with E-state index < -0.39 is 12.0 Å². The van der Waals surface area contributed by atoms with E-state index in [1.54, 1.807) is 13.0 Å². The van der Waals surface area contributed by atoms with Crippen LogP contribution >= 0.6 is 11.8 Å². The van der Waals surface area contributed by atoms with Gasteiger partial charge in [-0.2, -0.15) is 0 Å². The first-order chi connectivity index (χ1) is 16.4. The summed E-state index contributed by atoms with van der Waals surface area (Å²) >= 11 is 1.16. The number of amides is 1. The van der Waals surface area contributed by atoms with Crippen LogP contribution in [0.15, 0.2) is 60.6 Å². The van der Waals surface area contributed by atoms with Crippen molar-refractivity contribution in [3.63, 3.8) is 0 Å². The Balaban J connectivity index is 1.85. The lowest BCUT2D eigenvalue weighted by molar-refractivity contribution is -0.147. The van der Waals surface area contributed by atoms with Crippen LogP contribution in [-0.4, -0.2) is 29.8 Å². The molecule has 180 valence electrons.